The minimum atomic E-state index is -0.223. The maximum absolute atomic E-state index is 12.7. The van der Waals surface area contributed by atoms with Gasteiger partial charge in [-0.15, -0.1) is 12.4 Å². The molecule has 0 saturated heterocycles. The van der Waals surface area contributed by atoms with Crippen molar-refractivity contribution < 1.29 is 4.79 Å². The quantitative estimate of drug-likeness (QED) is 0.875. The molecule has 1 fully saturated rings. The fraction of sp³-hybridized carbons (Fsp3) is 0.611. The van der Waals surface area contributed by atoms with E-state index in [0.717, 1.165) is 32.1 Å². The molecule has 1 amide bonds. The summed E-state index contributed by atoms with van der Waals surface area (Å²) in [6.45, 7) is 4.72. The molecule has 122 valence electrons. The molecule has 0 aromatic heterocycles. The first-order valence-electron chi connectivity index (χ1n) is 8.21. The molecule has 0 radical (unpaired) electrons. The van der Waals surface area contributed by atoms with Crippen molar-refractivity contribution in [3.63, 3.8) is 0 Å². The molecule has 2 unspecified atom stereocenters. The molecule has 0 heterocycles. The molecule has 2 atom stereocenters. The number of amides is 1. The summed E-state index contributed by atoms with van der Waals surface area (Å²) in [4.78, 5) is 12.7. The van der Waals surface area contributed by atoms with E-state index in [1.54, 1.807) is 0 Å². The Morgan fingerprint density at radius 2 is 2.05 bits per heavy atom. The van der Waals surface area contributed by atoms with Crippen LogP contribution >= 0.6 is 12.4 Å². The maximum atomic E-state index is 12.7. The van der Waals surface area contributed by atoms with Gasteiger partial charge in [0, 0.05) is 17.9 Å². The number of carbonyl (C=O) groups is 1. The van der Waals surface area contributed by atoms with Crippen LogP contribution in [-0.4, -0.2) is 18.0 Å². The summed E-state index contributed by atoms with van der Waals surface area (Å²) in [6.07, 6.45) is 5.02. The van der Waals surface area contributed by atoms with Crippen LogP contribution in [0.3, 0.4) is 0 Å². The van der Waals surface area contributed by atoms with E-state index in [2.05, 4.69) is 43.4 Å². The van der Waals surface area contributed by atoms with Gasteiger partial charge >= 0.3 is 0 Å². The van der Waals surface area contributed by atoms with Crippen molar-refractivity contribution in [2.24, 2.45) is 11.7 Å². The van der Waals surface area contributed by atoms with Crippen LogP contribution in [0.2, 0.25) is 0 Å². The number of hydrogen-bond donors (Lipinski definition) is 2. The van der Waals surface area contributed by atoms with Crippen molar-refractivity contribution in [2.45, 2.75) is 56.9 Å². The van der Waals surface area contributed by atoms with Gasteiger partial charge in [0.15, 0.2) is 0 Å². The summed E-state index contributed by atoms with van der Waals surface area (Å²) in [5.41, 5.74) is 8.66. The third kappa shape index (κ3) is 2.55. The van der Waals surface area contributed by atoms with Gasteiger partial charge in [-0.25, -0.2) is 0 Å². The van der Waals surface area contributed by atoms with E-state index in [0.29, 0.717) is 6.54 Å². The topological polar surface area (TPSA) is 55.1 Å². The zero-order chi connectivity index (χ0) is 15.1. The fourth-order valence-electron chi connectivity index (χ4n) is 4.05. The summed E-state index contributed by atoms with van der Waals surface area (Å²) >= 11 is 0. The van der Waals surface area contributed by atoms with Crippen LogP contribution < -0.4 is 11.1 Å². The lowest BCUT2D eigenvalue weighted by molar-refractivity contribution is -0.124. The molecule has 2 aliphatic rings. The van der Waals surface area contributed by atoms with Gasteiger partial charge in [0.1, 0.15) is 0 Å². The Morgan fingerprint density at radius 3 is 2.68 bits per heavy atom. The highest BCUT2D eigenvalue weighted by atomic mass is 35.5. The molecule has 1 aromatic carbocycles. The minimum absolute atomic E-state index is 0. The zero-order valence-corrected chi connectivity index (χ0v) is 14.3. The monoisotopic (exact) mass is 322 g/mol. The molecule has 3 rings (SSSR count). The van der Waals surface area contributed by atoms with Crippen molar-refractivity contribution in [3.05, 3.63) is 35.4 Å². The van der Waals surface area contributed by atoms with Crippen LogP contribution in [0.1, 0.15) is 50.7 Å². The maximum Gasteiger partial charge on any atom is 0.224 e. The first-order chi connectivity index (χ1) is 10.1. The molecule has 1 aromatic rings. The zero-order valence-electron chi connectivity index (χ0n) is 13.5. The number of carbonyl (C=O) groups excluding carboxylic acids is 1. The van der Waals surface area contributed by atoms with Gasteiger partial charge in [0.05, 0.1) is 5.54 Å². The minimum Gasteiger partial charge on any atom is -0.349 e. The van der Waals surface area contributed by atoms with Crippen molar-refractivity contribution in [3.8, 4) is 0 Å². The number of nitrogens with one attached hydrogen (secondary N) is 1. The number of rotatable bonds is 5. The number of aryl methyl sites for hydroxylation is 1. The van der Waals surface area contributed by atoms with E-state index in [-0.39, 0.29) is 35.2 Å². The number of halogens is 1. The molecular weight excluding hydrogens is 296 g/mol. The van der Waals surface area contributed by atoms with Gasteiger partial charge < -0.3 is 11.1 Å². The Bertz CT molecular complexity index is 548. The Hall–Kier alpha value is -1.06. The summed E-state index contributed by atoms with van der Waals surface area (Å²) in [5.74, 6) is 0.353. The fourth-order valence-corrected chi connectivity index (χ4v) is 4.05. The van der Waals surface area contributed by atoms with Gasteiger partial charge in [-0.05, 0) is 43.2 Å². The normalized spacial score (nSPS) is 25.5. The highest BCUT2D eigenvalue weighted by Gasteiger charge is 2.61. The molecule has 3 N–H and O–H groups in total. The van der Waals surface area contributed by atoms with E-state index < -0.39 is 0 Å². The van der Waals surface area contributed by atoms with E-state index >= 15 is 0 Å². The first-order valence-corrected chi connectivity index (χ1v) is 8.21. The van der Waals surface area contributed by atoms with Crippen LogP contribution in [0, 0.1) is 5.92 Å². The largest absolute Gasteiger partial charge is 0.349 e. The lowest BCUT2D eigenvalue weighted by atomic mass is 9.91. The predicted octanol–water partition coefficient (Wildman–Crippen LogP) is 2.95. The van der Waals surface area contributed by atoms with Gasteiger partial charge in [-0.2, -0.15) is 0 Å². The molecule has 1 spiro atoms. The van der Waals surface area contributed by atoms with E-state index in [4.69, 9.17) is 5.73 Å². The second-order valence-corrected chi connectivity index (χ2v) is 6.75. The van der Waals surface area contributed by atoms with Crippen LogP contribution in [0.5, 0.6) is 0 Å². The average molecular weight is 323 g/mol. The summed E-state index contributed by atoms with van der Waals surface area (Å²) in [6, 6.07) is 8.62. The summed E-state index contributed by atoms with van der Waals surface area (Å²) in [7, 11) is 0. The second-order valence-electron chi connectivity index (χ2n) is 6.75. The standard InChI is InChI=1S/C18H26N2O.ClH/c1-3-17(4-2,12-19)20-16(21)15-11-18(15)10-9-13-7-5-6-8-14(13)18;/h5-8,15H,3-4,9-12,19H2,1-2H3,(H,20,21);1H. The SMILES string of the molecule is CCC(CC)(CN)NC(=O)C1CC12CCc1ccccc12.Cl. The molecule has 0 aliphatic heterocycles. The molecule has 1 saturated carbocycles. The number of nitrogens with two attached hydrogens (primary N) is 1. The Morgan fingerprint density at radius 1 is 1.36 bits per heavy atom. The second kappa shape index (κ2) is 6.21. The van der Waals surface area contributed by atoms with Gasteiger partial charge in [-0.1, -0.05) is 38.1 Å². The lowest BCUT2D eigenvalue weighted by Gasteiger charge is -2.32. The van der Waals surface area contributed by atoms with Crippen LogP contribution in [0.15, 0.2) is 24.3 Å². The van der Waals surface area contributed by atoms with Crippen LogP contribution in [0.25, 0.3) is 0 Å². The Balaban J connectivity index is 0.00000176. The smallest absolute Gasteiger partial charge is 0.224 e. The van der Waals surface area contributed by atoms with E-state index in [1.165, 1.54) is 11.1 Å². The predicted molar refractivity (Wildman–Crippen MR) is 92.3 cm³/mol. The van der Waals surface area contributed by atoms with Crippen molar-refractivity contribution in [1.29, 1.82) is 0 Å². The molecule has 3 nitrogen and oxygen atoms in total. The highest BCUT2D eigenvalue weighted by Crippen LogP contribution is 2.61. The van der Waals surface area contributed by atoms with Gasteiger partial charge in [-0.3, -0.25) is 4.79 Å². The van der Waals surface area contributed by atoms with Crippen molar-refractivity contribution in [1.82, 2.24) is 5.32 Å². The molecular formula is C18H27ClN2O. The lowest BCUT2D eigenvalue weighted by Crippen LogP contribution is -2.53. The summed E-state index contributed by atoms with van der Waals surface area (Å²) in [5, 5.41) is 3.26. The molecule has 4 heteroatoms. The Labute approximate surface area is 139 Å². The third-order valence-electron chi connectivity index (χ3n) is 5.92. The van der Waals surface area contributed by atoms with Gasteiger partial charge in [0.25, 0.3) is 0 Å². The summed E-state index contributed by atoms with van der Waals surface area (Å²) < 4.78 is 0. The average Bonchev–Trinajstić information content (AvgIpc) is 3.15. The highest BCUT2D eigenvalue weighted by molar-refractivity contribution is 5.86. The van der Waals surface area contributed by atoms with Crippen LogP contribution in [-0.2, 0) is 16.6 Å². The molecule has 22 heavy (non-hydrogen) atoms. The number of hydrogen-bond acceptors (Lipinski definition) is 2. The number of benzene rings is 1. The van der Waals surface area contributed by atoms with Gasteiger partial charge in [0.2, 0.25) is 5.91 Å². The van der Waals surface area contributed by atoms with E-state index in [1.807, 2.05) is 0 Å². The van der Waals surface area contributed by atoms with Crippen molar-refractivity contribution >= 4 is 18.3 Å². The first kappa shape index (κ1) is 17.3. The number of fused-ring (bicyclic) bond motifs is 2. The van der Waals surface area contributed by atoms with Crippen molar-refractivity contribution in [2.75, 3.05) is 6.54 Å². The van der Waals surface area contributed by atoms with Crippen LogP contribution in [0.4, 0.5) is 0 Å². The third-order valence-corrected chi connectivity index (χ3v) is 5.92. The Kier molecular flexibility index (Phi) is 4.88. The molecule has 0 bridgehead atoms. The van der Waals surface area contributed by atoms with E-state index in [9.17, 15) is 4.79 Å². The molecule has 2 aliphatic carbocycles.